The maximum Gasteiger partial charge on any atom is 0.238 e. The Morgan fingerprint density at radius 2 is 2.05 bits per heavy atom. The summed E-state index contributed by atoms with van der Waals surface area (Å²) >= 11 is 1.50. The highest BCUT2D eigenvalue weighted by molar-refractivity contribution is 7.89. The number of hydrogen-bond acceptors (Lipinski definition) is 6. The third-order valence-corrected chi connectivity index (χ3v) is 4.78. The Balaban J connectivity index is 2.13. The number of pyridine rings is 1. The summed E-state index contributed by atoms with van der Waals surface area (Å²) in [6, 6.07) is 6.61. The molecule has 0 aliphatic rings. The van der Waals surface area contributed by atoms with Gasteiger partial charge < -0.3 is 0 Å². The molecular formula is C13H12N4O2S2. The average Bonchev–Trinajstić information content (AvgIpc) is 2.83. The molecule has 0 aliphatic heterocycles. The number of hydrogen-bond donors (Lipinski definition) is 1. The zero-order valence-electron chi connectivity index (χ0n) is 11.1. The molecule has 6 nitrogen and oxygen atoms in total. The lowest BCUT2D eigenvalue weighted by Gasteiger charge is -2.06. The first-order chi connectivity index (χ1) is 9.93. The number of aromatic nitrogens is 3. The molecule has 0 saturated heterocycles. The van der Waals surface area contributed by atoms with E-state index in [0.717, 1.165) is 26.5 Å². The molecular weight excluding hydrogens is 308 g/mol. The average molecular weight is 320 g/mol. The van der Waals surface area contributed by atoms with E-state index in [1.807, 2.05) is 13.0 Å². The molecule has 3 rings (SSSR count). The first kappa shape index (κ1) is 14.1. The van der Waals surface area contributed by atoms with E-state index in [0.29, 0.717) is 6.42 Å². The molecule has 0 unspecified atom stereocenters. The van der Waals surface area contributed by atoms with Crippen LogP contribution in [0, 0.1) is 6.92 Å². The van der Waals surface area contributed by atoms with Gasteiger partial charge >= 0.3 is 0 Å². The van der Waals surface area contributed by atoms with Crippen molar-refractivity contribution in [3.8, 4) is 0 Å². The lowest BCUT2D eigenvalue weighted by atomic mass is 10.1. The van der Waals surface area contributed by atoms with Gasteiger partial charge in [0.25, 0.3) is 0 Å². The van der Waals surface area contributed by atoms with Crippen molar-refractivity contribution in [2.24, 2.45) is 5.14 Å². The van der Waals surface area contributed by atoms with Crippen LogP contribution in [0.5, 0.6) is 0 Å². The quantitative estimate of drug-likeness (QED) is 0.791. The normalized spacial score (nSPS) is 11.9. The fraction of sp³-hybridized carbons (Fsp3) is 0.154. The summed E-state index contributed by atoms with van der Waals surface area (Å²) in [6.07, 6.45) is 2.21. The standard InChI is InChI=1S/C13H12N4O2S2/c1-8-16-17-13(20-8)7-12-11-6-10(21(14,18)19)3-2-9(11)4-5-15-12/h2-6H,7H2,1H3,(H2,14,18,19). The smallest absolute Gasteiger partial charge is 0.238 e. The molecule has 0 fully saturated rings. The number of nitrogens with two attached hydrogens (primary N) is 1. The van der Waals surface area contributed by atoms with Crippen molar-refractivity contribution in [3.05, 3.63) is 46.2 Å². The van der Waals surface area contributed by atoms with Gasteiger partial charge in [-0.15, -0.1) is 21.5 Å². The van der Waals surface area contributed by atoms with Crippen molar-refractivity contribution in [1.29, 1.82) is 0 Å². The number of benzene rings is 1. The number of nitrogens with zero attached hydrogens (tertiary/aromatic N) is 3. The number of sulfonamides is 1. The second-order valence-electron chi connectivity index (χ2n) is 4.58. The molecule has 0 radical (unpaired) electrons. The summed E-state index contributed by atoms with van der Waals surface area (Å²) in [6.45, 7) is 1.89. The van der Waals surface area contributed by atoms with Gasteiger partial charge in [-0.2, -0.15) is 0 Å². The molecule has 21 heavy (non-hydrogen) atoms. The Morgan fingerprint density at radius 1 is 1.24 bits per heavy atom. The van der Waals surface area contributed by atoms with Crippen molar-refractivity contribution in [1.82, 2.24) is 15.2 Å². The Morgan fingerprint density at radius 3 is 2.71 bits per heavy atom. The highest BCUT2D eigenvalue weighted by Crippen LogP contribution is 2.23. The molecule has 0 amide bonds. The van der Waals surface area contributed by atoms with Gasteiger partial charge in [0.15, 0.2) is 0 Å². The van der Waals surface area contributed by atoms with Crippen LogP contribution >= 0.6 is 11.3 Å². The molecule has 0 aliphatic carbocycles. The van der Waals surface area contributed by atoms with Gasteiger partial charge in [-0.1, -0.05) is 6.07 Å². The van der Waals surface area contributed by atoms with Crippen LogP contribution < -0.4 is 5.14 Å². The molecule has 0 bridgehead atoms. The van der Waals surface area contributed by atoms with Crippen LogP contribution in [0.4, 0.5) is 0 Å². The van der Waals surface area contributed by atoms with E-state index in [4.69, 9.17) is 5.14 Å². The summed E-state index contributed by atoms with van der Waals surface area (Å²) in [4.78, 5) is 4.42. The van der Waals surface area contributed by atoms with Gasteiger partial charge in [-0.05, 0) is 30.5 Å². The van der Waals surface area contributed by atoms with Gasteiger partial charge in [-0.25, -0.2) is 13.6 Å². The van der Waals surface area contributed by atoms with Crippen molar-refractivity contribution in [2.75, 3.05) is 0 Å². The van der Waals surface area contributed by atoms with Gasteiger partial charge in [0.1, 0.15) is 10.0 Å². The molecule has 2 heterocycles. The highest BCUT2D eigenvalue weighted by atomic mass is 32.2. The largest absolute Gasteiger partial charge is 0.260 e. The molecule has 2 N–H and O–H groups in total. The first-order valence-electron chi connectivity index (χ1n) is 6.13. The van der Waals surface area contributed by atoms with Crippen LogP contribution in [0.25, 0.3) is 10.8 Å². The maximum atomic E-state index is 11.5. The Bertz CT molecular complexity index is 919. The van der Waals surface area contributed by atoms with Crippen LogP contribution in [0.1, 0.15) is 15.7 Å². The summed E-state index contributed by atoms with van der Waals surface area (Å²) in [7, 11) is -3.73. The van der Waals surface area contributed by atoms with Crippen LogP contribution in [0.2, 0.25) is 0 Å². The fourth-order valence-corrected chi connectivity index (χ4v) is 3.33. The van der Waals surface area contributed by atoms with E-state index in [1.54, 1.807) is 18.3 Å². The predicted octanol–water partition coefficient (Wildman–Crippen LogP) is 1.63. The summed E-state index contributed by atoms with van der Waals surface area (Å²) in [5, 5.41) is 16.6. The highest BCUT2D eigenvalue weighted by Gasteiger charge is 2.12. The summed E-state index contributed by atoms with van der Waals surface area (Å²) in [5.41, 5.74) is 0.758. The topological polar surface area (TPSA) is 98.8 Å². The number of primary sulfonamides is 1. The van der Waals surface area contributed by atoms with E-state index >= 15 is 0 Å². The summed E-state index contributed by atoms with van der Waals surface area (Å²) in [5.74, 6) is 0. The maximum absolute atomic E-state index is 11.5. The van der Waals surface area contributed by atoms with Crippen molar-refractivity contribution in [3.63, 3.8) is 0 Å². The van der Waals surface area contributed by atoms with E-state index in [1.165, 1.54) is 17.4 Å². The molecule has 8 heteroatoms. The van der Waals surface area contributed by atoms with E-state index in [2.05, 4.69) is 15.2 Å². The molecule has 0 saturated carbocycles. The van der Waals surface area contributed by atoms with Gasteiger partial charge in [-0.3, -0.25) is 4.98 Å². The minimum Gasteiger partial charge on any atom is -0.260 e. The van der Waals surface area contributed by atoms with Crippen LogP contribution in [0.15, 0.2) is 35.4 Å². The lowest BCUT2D eigenvalue weighted by Crippen LogP contribution is -2.12. The van der Waals surface area contributed by atoms with Crippen LogP contribution in [-0.4, -0.2) is 23.6 Å². The fourth-order valence-electron chi connectivity index (χ4n) is 2.08. The van der Waals surface area contributed by atoms with E-state index in [9.17, 15) is 8.42 Å². The monoisotopic (exact) mass is 320 g/mol. The van der Waals surface area contributed by atoms with Crippen molar-refractivity contribution in [2.45, 2.75) is 18.2 Å². The molecule has 1 aromatic carbocycles. The Hall–Kier alpha value is -1.90. The van der Waals surface area contributed by atoms with Crippen LogP contribution in [0.3, 0.4) is 0 Å². The number of aryl methyl sites for hydroxylation is 1. The van der Waals surface area contributed by atoms with Gasteiger partial charge in [0.05, 0.1) is 10.6 Å². The third-order valence-electron chi connectivity index (χ3n) is 3.04. The number of fused-ring (bicyclic) bond motifs is 1. The Kier molecular flexibility index (Phi) is 3.44. The molecule has 108 valence electrons. The zero-order chi connectivity index (χ0) is 15.0. The second-order valence-corrected chi connectivity index (χ2v) is 7.40. The van der Waals surface area contributed by atoms with Crippen molar-refractivity contribution < 1.29 is 8.42 Å². The lowest BCUT2D eigenvalue weighted by molar-refractivity contribution is 0.598. The summed E-state index contributed by atoms with van der Waals surface area (Å²) < 4.78 is 23.0. The Labute approximate surface area is 125 Å². The second kappa shape index (κ2) is 5.14. The molecule has 2 aromatic heterocycles. The van der Waals surface area contributed by atoms with Gasteiger partial charge in [0, 0.05) is 18.0 Å². The molecule has 3 aromatic rings. The van der Waals surface area contributed by atoms with Crippen molar-refractivity contribution >= 4 is 32.1 Å². The predicted molar refractivity (Wildman–Crippen MR) is 80.6 cm³/mol. The van der Waals surface area contributed by atoms with Gasteiger partial charge in [0.2, 0.25) is 10.0 Å². The minimum absolute atomic E-state index is 0.0812. The van der Waals surface area contributed by atoms with Crippen LogP contribution in [-0.2, 0) is 16.4 Å². The first-order valence-corrected chi connectivity index (χ1v) is 8.49. The zero-order valence-corrected chi connectivity index (χ0v) is 12.8. The third kappa shape index (κ3) is 2.92. The SMILES string of the molecule is Cc1nnc(Cc2nccc3ccc(S(N)(=O)=O)cc23)s1. The minimum atomic E-state index is -3.73. The van der Waals surface area contributed by atoms with E-state index in [-0.39, 0.29) is 4.90 Å². The molecule has 0 atom stereocenters. The van der Waals surface area contributed by atoms with E-state index < -0.39 is 10.0 Å². The molecule has 0 spiro atoms. The number of rotatable bonds is 3.